The maximum atomic E-state index is 13.0. The Kier molecular flexibility index (Phi) is 17.0. The van der Waals surface area contributed by atoms with E-state index < -0.39 is 92.1 Å². The van der Waals surface area contributed by atoms with E-state index in [1.807, 2.05) is 6.92 Å². The molecule has 3 saturated heterocycles. The maximum absolute atomic E-state index is 13.0. The first-order valence-electron chi connectivity index (χ1n) is 20.1. The van der Waals surface area contributed by atoms with Gasteiger partial charge in [-0.05, 0) is 62.6 Å². The van der Waals surface area contributed by atoms with Gasteiger partial charge in [-0.2, -0.15) is 0 Å². The van der Waals surface area contributed by atoms with E-state index in [0.29, 0.717) is 45.3 Å². The molecule has 0 aromatic heterocycles. The summed E-state index contributed by atoms with van der Waals surface area (Å²) in [7, 11) is 0. The van der Waals surface area contributed by atoms with E-state index in [0.717, 1.165) is 5.56 Å². The van der Waals surface area contributed by atoms with Gasteiger partial charge in [0.25, 0.3) is 0 Å². The summed E-state index contributed by atoms with van der Waals surface area (Å²) >= 11 is 0. The minimum atomic E-state index is -1.83. The highest BCUT2D eigenvalue weighted by Crippen LogP contribution is 2.31. The molecule has 3 aliphatic heterocycles. The normalized spacial score (nSPS) is 32.3. The van der Waals surface area contributed by atoms with Gasteiger partial charge in [0.1, 0.15) is 55.1 Å². The molecule has 2 aromatic carbocycles. The number of amides is 2. The molecule has 0 saturated carbocycles. The average Bonchev–Trinajstić information content (AvgIpc) is 3.23. The van der Waals surface area contributed by atoms with Crippen molar-refractivity contribution in [2.75, 3.05) is 32.8 Å². The molecule has 7 N–H and O–H groups in total. The van der Waals surface area contributed by atoms with Gasteiger partial charge in [-0.3, -0.25) is 14.4 Å². The van der Waals surface area contributed by atoms with Crippen LogP contribution in [0.5, 0.6) is 5.75 Å². The predicted molar refractivity (Wildman–Crippen MR) is 206 cm³/mol. The van der Waals surface area contributed by atoms with Crippen molar-refractivity contribution in [3.63, 3.8) is 0 Å². The molecular weight excluding hydrogens is 774 g/mol. The number of hydrogen-bond acceptors (Lipinski definition) is 16. The van der Waals surface area contributed by atoms with Crippen LogP contribution in [-0.4, -0.2) is 154 Å². The maximum Gasteiger partial charge on any atom is 0.338 e. The molecule has 18 nitrogen and oxygen atoms in total. The second-order valence-electron chi connectivity index (χ2n) is 15.0. The fourth-order valence-electron chi connectivity index (χ4n) is 7.13. The third kappa shape index (κ3) is 12.6. The summed E-state index contributed by atoms with van der Waals surface area (Å²) in [5.41, 5.74) is 0.962. The van der Waals surface area contributed by atoms with Gasteiger partial charge in [0.15, 0.2) is 12.4 Å². The van der Waals surface area contributed by atoms with Crippen molar-refractivity contribution >= 4 is 23.8 Å². The van der Waals surface area contributed by atoms with Crippen molar-refractivity contribution in [1.82, 2.24) is 15.5 Å². The zero-order chi connectivity index (χ0) is 42.6. The number of aliphatic hydroxyl groups excluding tert-OH is 5. The van der Waals surface area contributed by atoms with E-state index in [9.17, 15) is 44.7 Å². The number of hydrogen-bond donors (Lipinski definition) is 7. The molecule has 3 heterocycles. The first-order chi connectivity index (χ1) is 28.2. The van der Waals surface area contributed by atoms with Gasteiger partial charge in [-0.15, -0.1) is 0 Å². The summed E-state index contributed by atoms with van der Waals surface area (Å²) in [5.74, 6) is -1.17. The van der Waals surface area contributed by atoms with E-state index in [2.05, 4.69) is 10.6 Å². The molecule has 59 heavy (non-hydrogen) atoms. The minimum Gasteiger partial charge on any atom is -0.462 e. The van der Waals surface area contributed by atoms with Crippen molar-refractivity contribution in [2.24, 2.45) is 0 Å². The fraction of sp³-hybridized carbons (Fsp3) is 0.610. The smallest absolute Gasteiger partial charge is 0.338 e. The summed E-state index contributed by atoms with van der Waals surface area (Å²) in [6.07, 6.45) is -13.8. The van der Waals surface area contributed by atoms with Crippen molar-refractivity contribution in [3.05, 3.63) is 65.7 Å². The Bertz CT molecular complexity index is 1670. The van der Waals surface area contributed by atoms with Gasteiger partial charge in [-0.25, -0.2) is 4.79 Å². The number of esters is 2. The Morgan fingerprint density at radius 3 is 2.31 bits per heavy atom. The van der Waals surface area contributed by atoms with Crippen LogP contribution >= 0.6 is 0 Å². The van der Waals surface area contributed by atoms with Crippen LogP contribution in [-0.2, 0) is 38.1 Å². The minimum absolute atomic E-state index is 0.0400. The molecule has 5 rings (SSSR count). The highest BCUT2D eigenvalue weighted by atomic mass is 16.8. The van der Waals surface area contributed by atoms with E-state index in [4.69, 9.17) is 28.4 Å². The van der Waals surface area contributed by atoms with Gasteiger partial charge in [0, 0.05) is 38.9 Å². The number of aliphatic hydroxyl groups is 5. The average molecular weight is 832 g/mol. The summed E-state index contributed by atoms with van der Waals surface area (Å²) in [6, 6.07) is 14.3. The third-order valence-electron chi connectivity index (χ3n) is 10.4. The Labute approximate surface area is 342 Å². The lowest BCUT2D eigenvalue weighted by Crippen LogP contribution is -2.64. The number of rotatable bonds is 11. The van der Waals surface area contributed by atoms with Crippen molar-refractivity contribution in [1.29, 1.82) is 0 Å². The number of benzene rings is 2. The molecule has 0 radical (unpaired) electrons. The number of carbonyl (C=O) groups is 4. The highest BCUT2D eigenvalue weighted by molar-refractivity contribution is 5.89. The second-order valence-corrected chi connectivity index (χ2v) is 15.0. The van der Waals surface area contributed by atoms with Crippen molar-refractivity contribution < 1.29 is 73.1 Å². The quantitative estimate of drug-likeness (QED) is 0.148. The molecule has 3 fully saturated rings. The van der Waals surface area contributed by atoms with Gasteiger partial charge < -0.3 is 69.5 Å². The number of nitrogens with zero attached hydrogens (tertiary/aromatic N) is 1. The molecule has 0 aliphatic carbocycles. The summed E-state index contributed by atoms with van der Waals surface area (Å²) in [4.78, 5) is 52.0. The summed E-state index contributed by atoms with van der Waals surface area (Å²) in [6.45, 7) is 5.59. The molecular formula is C41H57N3O15. The van der Waals surface area contributed by atoms with Gasteiger partial charge in [0.2, 0.25) is 18.1 Å². The van der Waals surface area contributed by atoms with Crippen LogP contribution in [0.4, 0.5) is 0 Å². The zero-order valence-corrected chi connectivity index (χ0v) is 33.5. The summed E-state index contributed by atoms with van der Waals surface area (Å²) < 4.78 is 34.5. The molecule has 0 spiro atoms. The second kappa shape index (κ2) is 21.8. The number of carbonyl (C=O) groups excluding carboxylic acids is 4. The molecule has 2 aromatic rings. The fourth-order valence-corrected chi connectivity index (χ4v) is 7.13. The number of nitrogens with one attached hydrogen (secondary N) is 2. The van der Waals surface area contributed by atoms with Gasteiger partial charge >= 0.3 is 11.9 Å². The number of ether oxygens (including phenoxy) is 6. The molecule has 18 heteroatoms. The van der Waals surface area contributed by atoms with Crippen LogP contribution < -0.4 is 15.4 Å². The molecule has 12 atom stereocenters. The first kappa shape index (κ1) is 45.8. The van der Waals surface area contributed by atoms with Gasteiger partial charge in [0.05, 0.1) is 18.2 Å². The van der Waals surface area contributed by atoms with Gasteiger partial charge in [-0.1, -0.05) is 37.3 Å². The first-order valence-corrected chi connectivity index (χ1v) is 20.1. The van der Waals surface area contributed by atoms with E-state index >= 15 is 0 Å². The van der Waals surface area contributed by atoms with Crippen LogP contribution in [0.25, 0.3) is 0 Å². The third-order valence-corrected chi connectivity index (χ3v) is 10.4. The Morgan fingerprint density at radius 2 is 1.61 bits per heavy atom. The largest absolute Gasteiger partial charge is 0.462 e. The predicted octanol–water partition coefficient (Wildman–Crippen LogP) is 0.0730. The van der Waals surface area contributed by atoms with E-state index in [1.54, 1.807) is 47.4 Å². The topological polar surface area (TPSA) is 252 Å². The van der Waals surface area contributed by atoms with Crippen molar-refractivity contribution in [2.45, 2.75) is 126 Å². The Morgan fingerprint density at radius 1 is 0.881 bits per heavy atom. The van der Waals surface area contributed by atoms with Crippen LogP contribution in [0.15, 0.2) is 54.6 Å². The lowest BCUT2D eigenvalue weighted by atomic mass is 9.97. The molecule has 2 amide bonds. The zero-order valence-electron chi connectivity index (χ0n) is 33.5. The molecule has 3 aliphatic rings. The molecule has 0 bridgehead atoms. The van der Waals surface area contributed by atoms with Crippen LogP contribution in [0.3, 0.4) is 0 Å². The Balaban J connectivity index is 1.26. The lowest BCUT2D eigenvalue weighted by molar-refractivity contribution is -0.355. The van der Waals surface area contributed by atoms with Crippen LogP contribution in [0.2, 0.25) is 0 Å². The van der Waals surface area contributed by atoms with Crippen molar-refractivity contribution in [3.8, 4) is 5.75 Å². The van der Waals surface area contributed by atoms with Crippen LogP contribution in [0, 0.1) is 0 Å². The lowest BCUT2D eigenvalue weighted by Gasteiger charge is -2.45. The molecule has 0 unspecified atom stereocenters. The van der Waals surface area contributed by atoms with Crippen LogP contribution in [0.1, 0.15) is 74.8 Å². The SMILES string of the molecule is CCCC(=O)N1CCCNC(=O)C[C@@H](c2ccc(O[C@@H]3O[C@@H](C)[C@H](O)[C@@H](O)[C@H]3O[C@@H]3O[C@H](COC(=O)c4ccccc4)[C@@H](O)[C@H](O)[C@H]3O)cc2)NCC[C@@H](OC(C)=O)C1. The van der Waals surface area contributed by atoms with E-state index in [-0.39, 0.29) is 36.1 Å². The van der Waals surface area contributed by atoms with E-state index in [1.165, 1.54) is 26.0 Å². The molecule has 326 valence electrons. The highest BCUT2D eigenvalue weighted by Gasteiger charge is 2.51. The standard InChI is InChI=1S/C41H57N3O15/c1-4-9-32(47)44-19-8-17-43-31(46)20-29(42-18-16-28(21-44)56-24(3)45)25-12-14-27(15-13-25)57-41-38(36(51)33(48)23(2)55-41)59-40-37(52)35(50)34(49)30(58-40)22-54-39(53)26-10-6-5-7-11-26/h5-7,10-15,23,28-30,33-38,40-42,48-52H,4,8-9,16-22H2,1-3H3,(H,43,46)/t23-,28+,29-,30+,33-,34+,35-,36+,37+,38+,40-,41-/m0/s1. The Hall–Kier alpha value is -4.24. The monoisotopic (exact) mass is 831 g/mol. The summed E-state index contributed by atoms with van der Waals surface area (Å²) in [5, 5.41) is 60.2.